The van der Waals surface area contributed by atoms with Gasteiger partial charge in [-0.05, 0) is 17.4 Å². The number of primary amides is 1. The molecule has 0 heterocycles. The van der Waals surface area contributed by atoms with Crippen LogP contribution in [0.25, 0.3) is 0 Å². The molecule has 0 radical (unpaired) electrons. The number of carbonyl (C=O) groups excluding carboxylic acids is 1. The summed E-state index contributed by atoms with van der Waals surface area (Å²) in [6.45, 7) is 0. The molecule has 1 rings (SSSR count). The molecule has 0 aromatic heterocycles. The lowest BCUT2D eigenvalue weighted by atomic mass is 9.79. The largest absolute Gasteiger partial charge is 0.554 e. The Balaban J connectivity index is 2.77. The van der Waals surface area contributed by atoms with E-state index in [1.54, 1.807) is 12.1 Å². The van der Waals surface area contributed by atoms with Gasteiger partial charge in [0.05, 0.1) is 5.92 Å². The van der Waals surface area contributed by atoms with Crippen LogP contribution in [-0.2, 0) is 25.6 Å². The van der Waals surface area contributed by atoms with Crippen LogP contribution in [0.2, 0.25) is 0 Å². The first-order valence-electron chi connectivity index (χ1n) is 5.68. The summed E-state index contributed by atoms with van der Waals surface area (Å²) in [4.78, 5) is 29.5. The Kier molecular flexibility index (Phi) is 6.13. The second-order valence-corrected chi connectivity index (χ2v) is 4.19. The molecule has 8 nitrogen and oxygen atoms in total. The fourth-order valence-corrected chi connectivity index (χ4v) is 1.73. The maximum absolute atomic E-state index is 11.0. The quantitative estimate of drug-likeness (QED) is 0.286. The van der Waals surface area contributed by atoms with Gasteiger partial charge in [0, 0.05) is 6.42 Å². The minimum absolute atomic E-state index is 0.128. The third kappa shape index (κ3) is 4.63. The smallest absolute Gasteiger partial charge is 0.481 e. The Labute approximate surface area is 114 Å². The van der Waals surface area contributed by atoms with Crippen molar-refractivity contribution in [2.45, 2.75) is 12.8 Å². The van der Waals surface area contributed by atoms with E-state index in [-0.39, 0.29) is 12.8 Å². The summed E-state index contributed by atoms with van der Waals surface area (Å²) in [7, 11) is -1.34. The van der Waals surface area contributed by atoms with E-state index >= 15 is 0 Å². The van der Waals surface area contributed by atoms with Crippen molar-refractivity contribution in [1.82, 2.24) is 0 Å². The van der Waals surface area contributed by atoms with Crippen LogP contribution in [0.4, 0.5) is 0 Å². The van der Waals surface area contributed by atoms with Crippen molar-refractivity contribution >= 4 is 24.5 Å². The molecule has 0 aliphatic rings. The lowest BCUT2D eigenvalue weighted by molar-refractivity contribution is -0.221. The number of carbonyl (C=O) groups is 2. The SMILES string of the molecule is NC(=O)CC(Cc1ccc(B(OO)OO)cc1)C(=O)O. The van der Waals surface area contributed by atoms with Crippen LogP contribution in [0.15, 0.2) is 24.3 Å². The molecule has 5 N–H and O–H groups in total. The molecule has 0 spiro atoms. The number of amides is 1. The van der Waals surface area contributed by atoms with Gasteiger partial charge in [-0.3, -0.25) is 29.7 Å². The monoisotopic (exact) mass is 283 g/mol. The Morgan fingerprint density at radius 3 is 2.15 bits per heavy atom. The van der Waals surface area contributed by atoms with Gasteiger partial charge in [0.1, 0.15) is 0 Å². The summed E-state index contributed by atoms with van der Waals surface area (Å²) in [6, 6.07) is 6.10. The topological polar surface area (TPSA) is 139 Å². The standard InChI is InChI=1S/C11H14BNO7/c13-10(14)6-8(11(15)16)5-7-1-3-9(4-2-7)12(19-17)20-18/h1-4,8,17-18H,5-6H2,(H2,13,14)(H,15,16). The third-order valence-electron chi connectivity index (χ3n) is 2.72. The van der Waals surface area contributed by atoms with Gasteiger partial charge < -0.3 is 10.8 Å². The summed E-state index contributed by atoms with van der Waals surface area (Å²) in [5.74, 6) is -2.70. The van der Waals surface area contributed by atoms with E-state index in [1.165, 1.54) is 12.1 Å². The van der Waals surface area contributed by atoms with Crippen molar-refractivity contribution in [3.63, 3.8) is 0 Å². The predicted octanol–water partition coefficient (Wildman–Crippen LogP) is -0.520. The maximum Gasteiger partial charge on any atom is 0.554 e. The number of hydrogen-bond acceptors (Lipinski definition) is 6. The molecule has 0 saturated carbocycles. The van der Waals surface area contributed by atoms with Crippen molar-refractivity contribution in [1.29, 1.82) is 0 Å². The zero-order chi connectivity index (χ0) is 15.1. The first kappa shape index (κ1) is 16.1. The van der Waals surface area contributed by atoms with E-state index in [0.717, 1.165) is 0 Å². The van der Waals surface area contributed by atoms with Crippen LogP contribution in [0.3, 0.4) is 0 Å². The van der Waals surface area contributed by atoms with Crippen LogP contribution in [-0.4, -0.2) is 34.6 Å². The first-order chi connectivity index (χ1) is 9.47. The Bertz CT molecular complexity index is 460. The van der Waals surface area contributed by atoms with Crippen LogP contribution in [0.1, 0.15) is 12.0 Å². The van der Waals surface area contributed by atoms with Gasteiger partial charge in [-0.2, -0.15) is 0 Å². The Morgan fingerprint density at radius 2 is 1.75 bits per heavy atom. The minimum atomic E-state index is -1.34. The van der Waals surface area contributed by atoms with E-state index in [9.17, 15) is 9.59 Å². The summed E-state index contributed by atoms with van der Waals surface area (Å²) in [5, 5.41) is 25.9. The lowest BCUT2D eigenvalue weighted by Gasteiger charge is -2.11. The number of nitrogens with two attached hydrogens (primary N) is 1. The second-order valence-electron chi connectivity index (χ2n) is 4.19. The Morgan fingerprint density at radius 1 is 1.20 bits per heavy atom. The molecule has 0 fully saturated rings. The van der Waals surface area contributed by atoms with Crippen molar-refractivity contribution in [2.75, 3.05) is 0 Å². The highest BCUT2D eigenvalue weighted by atomic mass is 17.2. The molecular formula is C11H14BNO7. The molecule has 0 saturated heterocycles. The second kappa shape index (κ2) is 7.60. The molecule has 1 aromatic rings. The van der Waals surface area contributed by atoms with Crippen LogP contribution in [0.5, 0.6) is 0 Å². The van der Waals surface area contributed by atoms with Gasteiger partial charge in [0.15, 0.2) is 0 Å². The first-order valence-corrected chi connectivity index (χ1v) is 5.68. The number of carboxylic acid groups (broad SMARTS) is 1. The van der Waals surface area contributed by atoms with Gasteiger partial charge >= 0.3 is 13.1 Å². The fourth-order valence-electron chi connectivity index (χ4n) is 1.73. The molecule has 0 aliphatic carbocycles. The van der Waals surface area contributed by atoms with Crippen molar-refractivity contribution in [2.24, 2.45) is 11.7 Å². The molecule has 1 aromatic carbocycles. The van der Waals surface area contributed by atoms with Crippen molar-refractivity contribution in [3.8, 4) is 0 Å². The van der Waals surface area contributed by atoms with Gasteiger partial charge in [0.2, 0.25) is 5.91 Å². The highest BCUT2D eigenvalue weighted by molar-refractivity contribution is 6.60. The van der Waals surface area contributed by atoms with E-state index in [1.807, 2.05) is 0 Å². The van der Waals surface area contributed by atoms with Gasteiger partial charge in [-0.1, -0.05) is 24.3 Å². The van der Waals surface area contributed by atoms with E-state index in [0.29, 0.717) is 11.0 Å². The number of carboxylic acids is 1. The molecule has 0 aliphatic heterocycles. The molecule has 20 heavy (non-hydrogen) atoms. The number of rotatable bonds is 8. The molecule has 0 bridgehead atoms. The molecule has 9 heteroatoms. The van der Waals surface area contributed by atoms with E-state index < -0.39 is 24.9 Å². The normalized spacial score (nSPS) is 11.9. The van der Waals surface area contributed by atoms with Crippen molar-refractivity contribution in [3.05, 3.63) is 29.8 Å². The maximum atomic E-state index is 11.0. The molecular weight excluding hydrogens is 269 g/mol. The number of aliphatic carboxylic acids is 1. The average molecular weight is 283 g/mol. The van der Waals surface area contributed by atoms with Gasteiger partial charge in [-0.25, -0.2) is 0 Å². The lowest BCUT2D eigenvalue weighted by Crippen LogP contribution is -2.35. The molecule has 1 amide bonds. The highest BCUT2D eigenvalue weighted by Gasteiger charge is 2.23. The van der Waals surface area contributed by atoms with E-state index in [4.69, 9.17) is 21.4 Å². The third-order valence-corrected chi connectivity index (χ3v) is 2.72. The molecule has 1 atom stereocenters. The Hall–Kier alpha value is -1.94. The van der Waals surface area contributed by atoms with E-state index in [2.05, 4.69) is 9.61 Å². The minimum Gasteiger partial charge on any atom is -0.481 e. The zero-order valence-corrected chi connectivity index (χ0v) is 10.4. The summed E-state index contributed by atoms with van der Waals surface area (Å²) < 4.78 is 0. The predicted molar refractivity (Wildman–Crippen MR) is 67.9 cm³/mol. The summed E-state index contributed by atoms with van der Waals surface area (Å²) >= 11 is 0. The summed E-state index contributed by atoms with van der Waals surface area (Å²) in [5.41, 5.74) is 5.98. The van der Waals surface area contributed by atoms with Crippen LogP contribution >= 0.6 is 0 Å². The van der Waals surface area contributed by atoms with Crippen molar-refractivity contribution < 1.29 is 34.8 Å². The average Bonchev–Trinajstić information content (AvgIpc) is 2.40. The summed E-state index contributed by atoms with van der Waals surface area (Å²) in [6.07, 6.45) is -0.123. The molecule has 1 unspecified atom stereocenters. The zero-order valence-electron chi connectivity index (χ0n) is 10.4. The molecule has 108 valence electrons. The van der Waals surface area contributed by atoms with Gasteiger partial charge in [0.25, 0.3) is 0 Å². The highest BCUT2D eigenvalue weighted by Crippen LogP contribution is 2.12. The number of benzene rings is 1. The van der Waals surface area contributed by atoms with Crippen LogP contribution < -0.4 is 11.2 Å². The van der Waals surface area contributed by atoms with Crippen LogP contribution in [0, 0.1) is 5.92 Å². The fraction of sp³-hybridized carbons (Fsp3) is 0.273. The number of hydrogen-bond donors (Lipinski definition) is 4. The van der Waals surface area contributed by atoms with Gasteiger partial charge in [-0.15, -0.1) is 0 Å².